The Morgan fingerprint density at radius 3 is 2.89 bits per heavy atom. The van der Waals surface area contributed by atoms with Gasteiger partial charge >= 0.3 is 0 Å². The number of benzene rings is 1. The van der Waals surface area contributed by atoms with Crippen molar-refractivity contribution in [2.75, 3.05) is 12.3 Å². The van der Waals surface area contributed by atoms with E-state index >= 15 is 0 Å². The van der Waals surface area contributed by atoms with Gasteiger partial charge in [0.25, 0.3) is 5.56 Å². The predicted octanol–water partition coefficient (Wildman–Crippen LogP) is 1.65. The zero-order chi connectivity index (χ0) is 13.0. The highest BCUT2D eigenvalue weighted by molar-refractivity contribution is 5.43. The highest BCUT2D eigenvalue weighted by Gasteiger charge is 1.99. The van der Waals surface area contributed by atoms with Gasteiger partial charge in [-0.15, -0.1) is 0 Å². The zero-order valence-corrected chi connectivity index (χ0v) is 9.67. The summed E-state index contributed by atoms with van der Waals surface area (Å²) >= 11 is 0. The van der Waals surface area contributed by atoms with Gasteiger partial charge in [-0.05, 0) is 18.2 Å². The van der Waals surface area contributed by atoms with Crippen molar-refractivity contribution >= 4 is 5.69 Å². The number of hydrogen-bond donors (Lipinski definition) is 1. The molecule has 2 aromatic rings. The van der Waals surface area contributed by atoms with Crippen LogP contribution in [0, 0.1) is 5.82 Å². The van der Waals surface area contributed by atoms with Crippen LogP contribution in [0.25, 0.3) is 0 Å². The lowest BCUT2D eigenvalue weighted by molar-refractivity contribution is 0.295. The average Bonchev–Trinajstić information content (AvgIpc) is 2.34. The van der Waals surface area contributed by atoms with Crippen molar-refractivity contribution in [1.29, 1.82) is 0 Å². The fourth-order valence-electron chi connectivity index (χ4n) is 1.54. The maximum atomic E-state index is 12.9. The molecule has 0 unspecified atom stereocenters. The molecule has 1 heterocycles. The van der Waals surface area contributed by atoms with Crippen molar-refractivity contribution in [3.63, 3.8) is 0 Å². The molecule has 0 bridgehead atoms. The Balaban J connectivity index is 1.96. The van der Waals surface area contributed by atoms with E-state index in [4.69, 9.17) is 10.5 Å². The first-order valence-corrected chi connectivity index (χ1v) is 5.49. The van der Waals surface area contributed by atoms with Crippen LogP contribution in [0.2, 0.25) is 0 Å². The first-order valence-electron chi connectivity index (χ1n) is 5.49. The summed E-state index contributed by atoms with van der Waals surface area (Å²) in [5.41, 5.74) is 5.95. The molecule has 2 rings (SSSR count). The fraction of sp³-hybridized carbons (Fsp3) is 0.154. The normalized spacial score (nSPS) is 10.3. The molecule has 0 saturated carbocycles. The highest BCUT2D eigenvalue weighted by atomic mass is 19.1. The fourth-order valence-corrected chi connectivity index (χ4v) is 1.54. The second-order valence-corrected chi connectivity index (χ2v) is 3.80. The van der Waals surface area contributed by atoms with E-state index in [2.05, 4.69) is 0 Å². The van der Waals surface area contributed by atoms with Gasteiger partial charge in [0.05, 0.1) is 6.54 Å². The van der Waals surface area contributed by atoms with Gasteiger partial charge in [-0.3, -0.25) is 4.79 Å². The average molecular weight is 248 g/mol. The van der Waals surface area contributed by atoms with Crippen molar-refractivity contribution in [3.8, 4) is 5.75 Å². The van der Waals surface area contributed by atoms with E-state index in [1.165, 1.54) is 10.6 Å². The Bertz CT molecular complexity index is 596. The van der Waals surface area contributed by atoms with E-state index in [9.17, 15) is 9.18 Å². The number of ether oxygens (including phenoxy) is 1. The van der Waals surface area contributed by atoms with Crippen molar-refractivity contribution in [2.45, 2.75) is 6.54 Å². The number of aromatic nitrogens is 1. The number of anilines is 1. The van der Waals surface area contributed by atoms with Crippen molar-refractivity contribution < 1.29 is 9.13 Å². The Morgan fingerprint density at radius 1 is 1.28 bits per heavy atom. The molecule has 94 valence electrons. The summed E-state index contributed by atoms with van der Waals surface area (Å²) in [5, 5.41) is 0. The summed E-state index contributed by atoms with van der Waals surface area (Å²) in [6.07, 6.45) is 1.16. The molecule has 0 radical (unpaired) electrons. The first-order chi connectivity index (χ1) is 8.65. The van der Waals surface area contributed by atoms with Gasteiger partial charge in [0.2, 0.25) is 0 Å². The molecule has 0 spiro atoms. The van der Waals surface area contributed by atoms with Crippen LogP contribution in [0.1, 0.15) is 0 Å². The van der Waals surface area contributed by atoms with Crippen LogP contribution in [0.15, 0.2) is 47.4 Å². The molecule has 2 N–H and O–H groups in total. The largest absolute Gasteiger partial charge is 0.492 e. The molecule has 0 aliphatic heterocycles. The maximum absolute atomic E-state index is 12.9. The quantitative estimate of drug-likeness (QED) is 0.837. The second kappa shape index (κ2) is 5.35. The summed E-state index contributed by atoms with van der Waals surface area (Å²) in [7, 11) is 0. The summed E-state index contributed by atoms with van der Waals surface area (Å²) in [4.78, 5) is 11.4. The molecule has 0 saturated heterocycles. The summed E-state index contributed by atoms with van der Waals surface area (Å²) in [5.74, 6) is 0.179. The number of nitrogen functional groups attached to an aromatic ring is 1. The molecule has 1 aromatic heterocycles. The third-order valence-corrected chi connectivity index (χ3v) is 2.41. The Labute approximate surface area is 103 Å². The lowest BCUT2D eigenvalue weighted by atomic mass is 10.3. The molecule has 0 aliphatic carbocycles. The maximum Gasteiger partial charge on any atom is 0.250 e. The number of nitrogens with two attached hydrogens (primary N) is 1. The number of hydrogen-bond acceptors (Lipinski definition) is 3. The SMILES string of the molecule is Nc1cccc(OCCn2cc(F)ccc2=O)c1. The smallest absolute Gasteiger partial charge is 0.250 e. The zero-order valence-electron chi connectivity index (χ0n) is 9.67. The van der Waals surface area contributed by atoms with Crippen LogP contribution < -0.4 is 16.0 Å². The van der Waals surface area contributed by atoms with E-state index in [0.717, 1.165) is 12.3 Å². The van der Waals surface area contributed by atoms with E-state index in [1.54, 1.807) is 24.3 Å². The molecular weight excluding hydrogens is 235 g/mol. The minimum Gasteiger partial charge on any atom is -0.492 e. The Morgan fingerprint density at radius 2 is 2.11 bits per heavy atom. The minimum absolute atomic E-state index is 0.257. The third kappa shape index (κ3) is 3.10. The first kappa shape index (κ1) is 12.2. The van der Waals surface area contributed by atoms with Crippen LogP contribution in [0.5, 0.6) is 5.75 Å². The predicted molar refractivity (Wildman–Crippen MR) is 67.0 cm³/mol. The molecule has 1 aromatic carbocycles. The van der Waals surface area contributed by atoms with Gasteiger partial charge in [0, 0.05) is 24.0 Å². The lowest BCUT2D eigenvalue weighted by Gasteiger charge is -2.08. The molecule has 0 aliphatic rings. The van der Waals surface area contributed by atoms with Gasteiger partial charge in [-0.25, -0.2) is 4.39 Å². The van der Waals surface area contributed by atoms with Gasteiger partial charge in [0.1, 0.15) is 18.2 Å². The van der Waals surface area contributed by atoms with E-state index in [0.29, 0.717) is 11.4 Å². The third-order valence-electron chi connectivity index (χ3n) is 2.41. The molecule has 5 heteroatoms. The summed E-state index contributed by atoms with van der Waals surface area (Å²) in [6, 6.07) is 9.31. The van der Waals surface area contributed by atoms with Crippen LogP contribution >= 0.6 is 0 Å². The molecular formula is C13H13FN2O2. The summed E-state index contributed by atoms with van der Waals surface area (Å²) < 4.78 is 19.6. The van der Waals surface area contributed by atoms with E-state index in [1.807, 2.05) is 0 Å². The number of pyridine rings is 1. The van der Waals surface area contributed by atoms with E-state index in [-0.39, 0.29) is 18.7 Å². The Hall–Kier alpha value is -2.30. The van der Waals surface area contributed by atoms with Crippen molar-refractivity contribution in [3.05, 3.63) is 58.8 Å². The molecule has 0 atom stereocenters. The van der Waals surface area contributed by atoms with Crippen LogP contribution in [0.4, 0.5) is 10.1 Å². The summed E-state index contributed by atoms with van der Waals surface area (Å²) in [6.45, 7) is 0.554. The molecule has 18 heavy (non-hydrogen) atoms. The van der Waals surface area contributed by atoms with Crippen molar-refractivity contribution in [2.24, 2.45) is 0 Å². The van der Waals surface area contributed by atoms with E-state index < -0.39 is 5.82 Å². The van der Waals surface area contributed by atoms with Crippen LogP contribution in [0.3, 0.4) is 0 Å². The standard InChI is InChI=1S/C13H13FN2O2/c14-10-4-5-13(17)16(9-10)6-7-18-12-3-1-2-11(15)8-12/h1-5,8-9H,6-7,15H2. The second-order valence-electron chi connectivity index (χ2n) is 3.80. The number of rotatable bonds is 4. The number of nitrogens with zero attached hydrogens (tertiary/aromatic N) is 1. The topological polar surface area (TPSA) is 57.2 Å². The monoisotopic (exact) mass is 248 g/mol. The van der Waals surface area contributed by atoms with Gasteiger partial charge in [-0.1, -0.05) is 6.07 Å². The Kier molecular flexibility index (Phi) is 3.62. The van der Waals surface area contributed by atoms with Gasteiger partial charge < -0.3 is 15.0 Å². The lowest BCUT2D eigenvalue weighted by Crippen LogP contribution is -2.22. The number of halogens is 1. The molecule has 4 nitrogen and oxygen atoms in total. The van der Waals surface area contributed by atoms with Crippen LogP contribution in [-0.2, 0) is 6.54 Å². The minimum atomic E-state index is -0.446. The molecule has 0 amide bonds. The van der Waals surface area contributed by atoms with Crippen molar-refractivity contribution in [1.82, 2.24) is 4.57 Å². The highest BCUT2D eigenvalue weighted by Crippen LogP contribution is 2.14. The van der Waals surface area contributed by atoms with Gasteiger partial charge in [0.15, 0.2) is 0 Å². The van der Waals surface area contributed by atoms with Crippen LogP contribution in [-0.4, -0.2) is 11.2 Å². The molecule has 0 fully saturated rings. The van der Waals surface area contributed by atoms with Gasteiger partial charge in [-0.2, -0.15) is 0 Å².